The van der Waals surface area contributed by atoms with Crippen molar-refractivity contribution in [3.63, 3.8) is 0 Å². The Labute approximate surface area is 104 Å². The van der Waals surface area contributed by atoms with Crippen molar-refractivity contribution in [1.82, 2.24) is 0 Å². The van der Waals surface area contributed by atoms with E-state index in [9.17, 15) is 4.79 Å². The lowest BCUT2D eigenvalue weighted by Crippen LogP contribution is -2.04. The van der Waals surface area contributed by atoms with Gasteiger partial charge in [-0.1, -0.05) is 49.1 Å². The monoisotopic (exact) mass is 232 g/mol. The maximum Gasteiger partial charge on any atom is 0.333 e. The first-order valence-electron chi connectivity index (χ1n) is 5.55. The van der Waals surface area contributed by atoms with Crippen molar-refractivity contribution in [3.05, 3.63) is 60.2 Å². The first kappa shape index (κ1) is 15.2. The van der Waals surface area contributed by atoms with E-state index in [1.165, 1.54) is 0 Å². The van der Waals surface area contributed by atoms with Gasteiger partial charge in [-0.2, -0.15) is 0 Å². The topological polar surface area (TPSA) is 26.3 Å². The van der Waals surface area contributed by atoms with Crippen molar-refractivity contribution in [2.75, 3.05) is 0 Å². The fourth-order valence-corrected chi connectivity index (χ4v) is 0.846. The average Bonchev–Trinajstić information content (AvgIpc) is 2.37. The van der Waals surface area contributed by atoms with Gasteiger partial charge in [-0.05, 0) is 26.3 Å². The van der Waals surface area contributed by atoms with Crippen LogP contribution in [-0.2, 0) is 16.1 Å². The molecule has 0 bridgehead atoms. The van der Waals surface area contributed by atoms with E-state index in [0.717, 1.165) is 5.56 Å². The summed E-state index contributed by atoms with van der Waals surface area (Å²) in [5.74, 6) is -0.344. The van der Waals surface area contributed by atoms with Crippen LogP contribution < -0.4 is 0 Å². The van der Waals surface area contributed by atoms with Gasteiger partial charge in [0.25, 0.3) is 0 Å². The number of ether oxygens (including phenoxy) is 1. The molecule has 0 aromatic heterocycles. The summed E-state index contributed by atoms with van der Waals surface area (Å²) in [6, 6.07) is 9.55. The van der Waals surface area contributed by atoms with Gasteiger partial charge < -0.3 is 4.74 Å². The fraction of sp³-hybridized carbons (Fsp3) is 0.267. The van der Waals surface area contributed by atoms with Crippen LogP contribution >= 0.6 is 0 Å². The molecule has 2 heteroatoms. The molecule has 0 saturated carbocycles. The van der Waals surface area contributed by atoms with E-state index in [1.807, 2.05) is 56.3 Å². The quantitative estimate of drug-likeness (QED) is 0.449. The third kappa shape index (κ3) is 8.03. The predicted molar refractivity (Wildman–Crippen MR) is 71.5 cm³/mol. The highest BCUT2D eigenvalue weighted by Gasteiger charge is 2.02. The number of hydrogen-bond donors (Lipinski definition) is 0. The standard InChI is InChI=1S/C11H12O2.C4H8/c1-9(2)11(12)13-8-10-6-4-3-5-7-10;1-3-4-2/h3-7H,1,8H2,2H3;3-4H,1-2H3. The van der Waals surface area contributed by atoms with Crippen molar-refractivity contribution in [3.8, 4) is 0 Å². The van der Waals surface area contributed by atoms with Crippen LogP contribution in [0.2, 0.25) is 0 Å². The van der Waals surface area contributed by atoms with Crippen molar-refractivity contribution >= 4 is 5.97 Å². The number of hydrogen-bond acceptors (Lipinski definition) is 2. The van der Waals surface area contributed by atoms with Crippen molar-refractivity contribution < 1.29 is 9.53 Å². The molecule has 0 N–H and O–H groups in total. The molecule has 0 fully saturated rings. The maximum atomic E-state index is 11.0. The van der Waals surface area contributed by atoms with E-state index in [2.05, 4.69) is 6.58 Å². The lowest BCUT2D eigenvalue weighted by molar-refractivity contribution is -0.140. The van der Waals surface area contributed by atoms with Crippen molar-refractivity contribution in [2.45, 2.75) is 27.4 Å². The van der Waals surface area contributed by atoms with E-state index in [1.54, 1.807) is 6.92 Å². The second-order valence-electron chi connectivity index (χ2n) is 3.51. The van der Waals surface area contributed by atoms with Gasteiger partial charge in [0.1, 0.15) is 6.61 Å². The number of rotatable bonds is 3. The summed E-state index contributed by atoms with van der Waals surface area (Å²) >= 11 is 0. The second-order valence-corrected chi connectivity index (χ2v) is 3.51. The Bertz CT molecular complexity index is 360. The van der Waals surface area contributed by atoms with Crippen LogP contribution in [0.4, 0.5) is 0 Å². The number of carbonyl (C=O) groups is 1. The molecule has 2 nitrogen and oxygen atoms in total. The Morgan fingerprint density at radius 3 is 2.18 bits per heavy atom. The minimum absolute atomic E-state index is 0.312. The molecule has 1 aromatic rings. The molecule has 92 valence electrons. The second kappa shape index (κ2) is 9.40. The zero-order valence-electron chi connectivity index (χ0n) is 10.8. The summed E-state index contributed by atoms with van der Waals surface area (Å²) in [7, 11) is 0. The van der Waals surface area contributed by atoms with Gasteiger partial charge in [0.2, 0.25) is 0 Å². The zero-order chi connectivity index (χ0) is 13.1. The molecule has 0 heterocycles. The van der Waals surface area contributed by atoms with E-state index >= 15 is 0 Å². The molecule has 0 atom stereocenters. The van der Waals surface area contributed by atoms with Gasteiger partial charge >= 0.3 is 5.97 Å². The maximum absolute atomic E-state index is 11.0. The van der Waals surface area contributed by atoms with E-state index in [0.29, 0.717) is 12.2 Å². The van der Waals surface area contributed by atoms with Crippen LogP contribution in [0.5, 0.6) is 0 Å². The van der Waals surface area contributed by atoms with Gasteiger partial charge in [-0.15, -0.1) is 0 Å². The zero-order valence-corrected chi connectivity index (χ0v) is 10.8. The van der Waals surface area contributed by atoms with E-state index < -0.39 is 0 Å². The molecule has 1 rings (SSSR count). The molecular weight excluding hydrogens is 212 g/mol. The molecule has 17 heavy (non-hydrogen) atoms. The normalized spacial score (nSPS) is 9.35. The first-order chi connectivity index (χ1) is 8.11. The third-order valence-electron chi connectivity index (χ3n) is 1.89. The molecule has 0 spiro atoms. The first-order valence-corrected chi connectivity index (χ1v) is 5.55. The van der Waals surface area contributed by atoms with E-state index in [4.69, 9.17) is 4.74 Å². The number of benzene rings is 1. The lowest BCUT2D eigenvalue weighted by atomic mass is 10.2. The highest BCUT2D eigenvalue weighted by atomic mass is 16.5. The highest BCUT2D eigenvalue weighted by molar-refractivity contribution is 5.86. The number of carbonyl (C=O) groups excluding carboxylic acids is 1. The van der Waals surface area contributed by atoms with E-state index in [-0.39, 0.29) is 5.97 Å². The summed E-state index contributed by atoms with van der Waals surface area (Å²) in [4.78, 5) is 11.0. The van der Waals surface area contributed by atoms with Crippen LogP contribution in [0.25, 0.3) is 0 Å². The number of allylic oxidation sites excluding steroid dienone is 2. The minimum atomic E-state index is -0.344. The Hall–Kier alpha value is -1.83. The van der Waals surface area contributed by atoms with Gasteiger partial charge in [-0.25, -0.2) is 4.79 Å². The Morgan fingerprint density at radius 2 is 1.76 bits per heavy atom. The van der Waals surface area contributed by atoms with Crippen molar-refractivity contribution in [2.24, 2.45) is 0 Å². The minimum Gasteiger partial charge on any atom is -0.457 e. The molecule has 0 amide bonds. The molecule has 0 aliphatic rings. The summed E-state index contributed by atoms with van der Waals surface area (Å²) in [6.07, 6.45) is 4.00. The van der Waals surface area contributed by atoms with Gasteiger partial charge in [-0.3, -0.25) is 0 Å². The molecule has 1 aromatic carbocycles. The summed E-state index contributed by atoms with van der Waals surface area (Å²) in [5.41, 5.74) is 1.41. The predicted octanol–water partition coefficient (Wildman–Crippen LogP) is 3.89. The fourth-order valence-electron chi connectivity index (χ4n) is 0.846. The summed E-state index contributed by atoms with van der Waals surface area (Å²) in [5, 5.41) is 0. The van der Waals surface area contributed by atoms with Crippen LogP contribution in [0.15, 0.2) is 54.6 Å². The summed E-state index contributed by atoms with van der Waals surface area (Å²) < 4.78 is 4.95. The third-order valence-corrected chi connectivity index (χ3v) is 1.89. The smallest absolute Gasteiger partial charge is 0.333 e. The molecule has 0 aliphatic heterocycles. The molecule has 0 saturated heterocycles. The van der Waals surface area contributed by atoms with Gasteiger partial charge in [0.05, 0.1) is 0 Å². The van der Waals surface area contributed by atoms with Gasteiger partial charge in [0.15, 0.2) is 0 Å². The Kier molecular flexibility index (Phi) is 8.39. The number of esters is 1. The molecule has 0 radical (unpaired) electrons. The average molecular weight is 232 g/mol. The molecule has 0 unspecified atom stereocenters. The Balaban J connectivity index is 0.000000557. The SMILES string of the molecule is C=C(C)C(=O)OCc1ccccc1.CC=CC. The highest BCUT2D eigenvalue weighted by Crippen LogP contribution is 2.02. The summed E-state index contributed by atoms with van der Waals surface area (Å²) in [6.45, 7) is 9.44. The van der Waals surface area contributed by atoms with Crippen molar-refractivity contribution in [1.29, 1.82) is 0 Å². The van der Waals surface area contributed by atoms with Crippen LogP contribution in [0, 0.1) is 0 Å². The van der Waals surface area contributed by atoms with Crippen LogP contribution in [0.3, 0.4) is 0 Å². The Morgan fingerprint density at radius 1 is 1.24 bits per heavy atom. The van der Waals surface area contributed by atoms with Gasteiger partial charge in [0, 0.05) is 5.57 Å². The lowest BCUT2D eigenvalue weighted by Gasteiger charge is -2.03. The molecular formula is C15H20O2. The molecule has 0 aliphatic carbocycles. The largest absolute Gasteiger partial charge is 0.457 e. The van der Waals surface area contributed by atoms with Crippen LogP contribution in [-0.4, -0.2) is 5.97 Å². The van der Waals surface area contributed by atoms with Crippen LogP contribution in [0.1, 0.15) is 26.3 Å².